The molecule has 0 bridgehead atoms. The average Bonchev–Trinajstić information content (AvgIpc) is 2.61. The van der Waals surface area contributed by atoms with Crippen LogP contribution in [-0.2, 0) is 4.79 Å². The van der Waals surface area contributed by atoms with Gasteiger partial charge in [-0.15, -0.1) is 0 Å². The van der Waals surface area contributed by atoms with E-state index in [-0.39, 0.29) is 25.0 Å². The van der Waals surface area contributed by atoms with Gasteiger partial charge in [-0.3, -0.25) is 4.79 Å². The molecule has 0 spiro atoms. The Morgan fingerprint density at radius 1 is 1.25 bits per heavy atom. The van der Waals surface area contributed by atoms with Crippen LogP contribution in [0.5, 0.6) is 0 Å². The Hall–Kier alpha value is -1.26. The molecule has 1 aliphatic carbocycles. The lowest BCUT2D eigenvalue weighted by Gasteiger charge is -2.22. The van der Waals surface area contributed by atoms with Crippen LogP contribution in [-0.4, -0.2) is 41.6 Å². The Balaban J connectivity index is 2.36. The molecule has 0 radical (unpaired) electrons. The maximum Gasteiger partial charge on any atom is 0.317 e. The van der Waals surface area contributed by atoms with E-state index in [1.165, 1.54) is 17.7 Å². The normalized spacial score (nSPS) is 23.2. The number of hydrogen-bond acceptors (Lipinski definition) is 2. The number of amides is 2. The molecule has 5 heteroatoms. The van der Waals surface area contributed by atoms with Gasteiger partial charge in [0.1, 0.15) is 0 Å². The number of aliphatic carboxylic acids is 1. The molecule has 2 N–H and O–H groups in total. The summed E-state index contributed by atoms with van der Waals surface area (Å²) in [5.41, 5.74) is 0. The number of hydrogen-bond donors (Lipinski definition) is 2. The summed E-state index contributed by atoms with van der Waals surface area (Å²) in [4.78, 5) is 23.9. The third-order valence-electron chi connectivity index (χ3n) is 4.29. The van der Waals surface area contributed by atoms with Gasteiger partial charge in [0.2, 0.25) is 0 Å². The van der Waals surface area contributed by atoms with Crippen LogP contribution in [0.1, 0.15) is 52.4 Å². The van der Waals surface area contributed by atoms with Gasteiger partial charge >= 0.3 is 12.0 Å². The molecule has 0 aromatic heterocycles. The van der Waals surface area contributed by atoms with E-state index >= 15 is 0 Å². The van der Waals surface area contributed by atoms with Gasteiger partial charge < -0.3 is 15.3 Å². The fourth-order valence-corrected chi connectivity index (χ4v) is 2.79. The summed E-state index contributed by atoms with van der Waals surface area (Å²) in [6.45, 7) is 4.79. The van der Waals surface area contributed by atoms with Crippen LogP contribution in [0, 0.1) is 11.8 Å². The molecule has 1 saturated carbocycles. The van der Waals surface area contributed by atoms with E-state index in [1.807, 2.05) is 0 Å². The molecule has 1 fully saturated rings. The second-order valence-electron chi connectivity index (χ2n) is 6.22. The van der Waals surface area contributed by atoms with E-state index in [0.717, 1.165) is 25.2 Å². The van der Waals surface area contributed by atoms with E-state index in [0.29, 0.717) is 5.92 Å². The molecule has 2 amide bonds. The lowest BCUT2D eigenvalue weighted by Crippen LogP contribution is -2.43. The zero-order valence-electron chi connectivity index (χ0n) is 12.9. The molecule has 1 aliphatic rings. The molecular weight excluding hydrogens is 256 g/mol. The zero-order valence-corrected chi connectivity index (χ0v) is 12.9. The number of carboxylic acids is 1. The molecule has 0 aliphatic heterocycles. The molecule has 0 saturated heterocycles. The summed E-state index contributed by atoms with van der Waals surface area (Å²) in [6.07, 6.45) is 5.63. The topological polar surface area (TPSA) is 69.6 Å². The molecule has 2 unspecified atom stereocenters. The minimum atomic E-state index is -0.876. The predicted molar refractivity (Wildman–Crippen MR) is 78.6 cm³/mol. The highest BCUT2D eigenvalue weighted by atomic mass is 16.4. The lowest BCUT2D eigenvalue weighted by molar-refractivity contribution is -0.137. The number of carboxylic acid groups (broad SMARTS) is 1. The molecule has 20 heavy (non-hydrogen) atoms. The monoisotopic (exact) mass is 284 g/mol. The SMILES string of the molecule is CC(C)C1CCCC(NC(=O)N(C)CCC(=O)O)CC1. The number of nitrogens with one attached hydrogen (secondary N) is 1. The first-order chi connectivity index (χ1) is 9.40. The van der Waals surface area contributed by atoms with Gasteiger partial charge in [-0.2, -0.15) is 0 Å². The smallest absolute Gasteiger partial charge is 0.317 e. The fourth-order valence-electron chi connectivity index (χ4n) is 2.79. The van der Waals surface area contributed by atoms with Gasteiger partial charge in [0.15, 0.2) is 0 Å². The molecule has 0 heterocycles. The Kier molecular flexibility index (Phi) is 6.82. The van der Waals surface area contributed by atoms with Crippen molar-refractivity contribution in [2.45, 2.75) is 58.4 Å². The van der Waals surface area contributed by atoms with Crippen molar-refractivity contribution in [1.29, 1.82) is 0 Å². The number of nitrogens with zero attached hydrogens (tertiary/aromatic N) is 1. The first kappa shape index (κ1) is 16.8. The van der Waals surface area contributed by atoms with Gasteiger partial charge in [-0.25, -0.2) is 4.79 Å². The second-order valence-corrected chi connectivity index (χ2v) is 6.22. The van der Waals surface area contributed by atoms with Crippen LogP contribution in [0.4, 0.5) is 4.79 Å². The highest BCUT2D eigenvalue weighted by molar-refractivity contribution is 5.75. The minimum absolute atomic E-state index is 0.00991. The lowest BCUT2D eigenvalue weighted by atomic mass is 9.89. The standard InChI is InChI=1S/C15H28N2O3/c1-11(2)12-5-4-6-13(8-7-12)16-15(20)17(3)10-9-14(18)19/h11-13H,4-10H2,1-3H3,(H,16,20)(H,18,19). The van der Waals surface area contributed by atoms with Gasteiger partial charge in [0, 0.05) is 19.6 Å². The Labute approximate surface area is 121 Å². The van der Waals surface area contributed by atoms with Gasteiger partial charge in [-0.1, -0.05) is 26.7 Å². The van der Waals surface area contributed by atoms with Crippen LogP contribution in [0.25, 0.3) is 0 Å². The largest absolute Gasteiger partial charge is 0.481 e. The van der Waals surface area contributed by atoms with Crippen LogP contribution >= 0.6 is 0 Å². The minimum Gasteiger partial charge on any atom is -0.481 e. The Bertz CT molecular complexity index is 331. The van der Waals surface area contributed by atoms with Crippen molar-refractivity contribution >= 4 is 12.0 Å². The van der Waals surface area contributed by atoms with Crippen molar-refractivity contribution < 1.29 is 14.7 Å². The number of rotatable bonds is 5. The third-order valence-corrected chi connectivity index (χ3v) is 4.29. The number of carbonyl (C=O) groups excluding carboxylic acids is 1. The van der Waals surface area contributed by atoms with Crippen LogP contribution in [0.15, 0.2) is 0 Å². The quantitative estimate of drug-likeness (QED) is 0.763. The summed E-state index contributed by atoms with van der Waals surface area (Å²) in [6, 6.07) is 0.0813. The predicted octanol–water partition coefficient (Wildman–Crippen LogP) is 2.71. The summed E-state index contributed by atoms with van der Waals surface area (Å²) in [7, 11) is 1.64. The van der Waals surface area contributed by atoms with Crippen molar-refractivity contribution in [3.05, 3.63) is 0 Å². The maximum absolute atomic E-state index is 12.0. The first-order valence-electron chi connectivity index (χ1n) is 7.63. The van der Waals surface area contributed by atoms with Crippen LogP contribution in [0.2, 0.25) is 0 Å². The molecule has 0 aromatic carbocycles. The molecule has 116 valence electrons. The van der Waals surface area contributed by atoms with Crippen LogP contribution < -0.4 is 5.32 Å². The van der Waals surface area contributed by atoms with Gasteiger partial charge in [-0.05, 0) is 31.1 Å². The van der Waals surface area contributed by atoms with E-state index in [1.54, 1.807) is 7.05 Å². The third kappa shape index (κ3) is 5.80. The van der Waals surface area contributed by atoms with Crippen molar-refractivity contribution in [3.63, 3.8) is 0 Å². The van der Waals surface area contributed by atoms with Gasteiger partial charge in [0.05, 0.1) is 6.42 Å². The van der Waals surface area contributed by atoms with E-state index in [4.69, 9.17) is 5.11 Å². The highest BCUT2D eigenvalue weighted by Crippen LogP contribution is 2.28. The first-order valence-corrected chi connectivity index (χ1v) is 7.63. The molecule has 5 nitrogen and oxygen atoms in total. The van der Waals surface area contributed by atoms with Crippen molar-refractivity contribution in [3.8, 4) is 0 Å². The molecular formula is C15H28N2O3. The summed E-state index contributed by atoms with van der Waals surface area (Å²) in [5, 5.41) is 11.7. The zero-order chi connectivity index (χ0) is 15.1. The maximum atomic E-state index is 12.0. The number of urea groups is 1. The van der Waals surface area contributed by atoms with Crippen molar-refractivity contribution in [2.75, 3.05) is 13.6 Å². The highest BCUT2D eigenvalue weighted by Gasteiger charge is 2.22. The summed E-state index contributed by atoms with van der Waals surface area (Å²) >= 11 is 0. The van der Waals surface area contributed by atoms with Crippen molar-refractivity contribution in [2.24, 2.45) is 11.8 Å². The second kappa shape index (κ2) is 8.12. The Morgan fingerprint density at radius 2 is 1.95 bits per heavy atom. The number of carbonyl (C=O) groups is 2. The average molecular weight is 284 g/mol. The van der Waals surface area contributed by atoms with Gasteiger partial charge in [0.25, 0.3) is 0 Å². The van der Waals surface area contributed by atoms with E-state index in [9.17, 15) is 9.59 Å². The summed E-state index contributed by atoms with van der Waals surface area (Å²) < 4.78 is 0. The molecule has 1 rings (SSSR count). The molecule has 2 atom stereocenters. The molecule has 0 aromatic rings. The Morgan fingerprint density at radius 3 is 2.55 bits per heavy atom. The van der Waals surface area contributed by atoms with Crippen molar-refractivity contribution in [1.82, 2.24) is 10.2 Å². The van der Waals surface area contributed by atoms with Crippen LogP contribution in [0.3, 0.4) is 0 Å². The van der Waals surface area contributed by atoms with E-state index < -0.39 is 5.97 Å². The fraction of sp³-hybridized carbons (Fsp3) is 0.867. The summed E-state index contributed by atoms with van der Waals surface area (Å²) in [5.74, 6) is 0.600. The van der Waals surface area contributed by atoms with E-state index in [2.05, 4.69) is 19.2 Å².